The number of amides is 2. The Morgan fingerprint density at radius 2 is 1.79 bits per heavy atom. The summed E-state index contributed by atoms with van der Waals surface area (Å²) in [5.41, 5.74) is 1.54. The van der Waals surface area contributed by atoms with E-state index in [2.05, 4.69) is 20.6 Å². The minimum absolute atomic E-state index is 0.00272. The van der Waals surface area contributed by atoms with Crippen molar-refractivity contribution in [3.63, 3.8) is 0 Å². The lowest BCUT2D eigenvalue weighted by atomic mass is 9.78. The van der Waals surface area contributed by atoms with E-state index in [-0.39, 0.29) is 50.1 Å². The molecule has 1 saturated carbocycles. The minimum Gasteiger partial charge on any atom is -0.356 e. The number of para-hydroxylation sites is 1. The molecule has 5 rings (SSSR count). The molecule has 9 nitrogen and oxygen atoms in total. The molecule has 2 aliphatic rings. The molecule has 1 N–H and O–H groups in total. The third-order valence-electron chi connectivity index (χ3n) is 7.48. The Balaban J connectivity index is 1.13. The molecule has 1 aromatic carbocycles. The van der Waals surface area contributed by atoms with Crippen molar-refractivity contribution < 1.29 is 22.8 Å². The van der Waals surface area contributed by atoms with Crippen LogP contribution in [0.25, 0.3) is 5.69 Å². The lowest BCUT2D eigenvalue weighted by Gasteiger charge is -2.33. The van der Waals surface area contributed by atoms with Crippen LogP contribution in [0.15, 0.2) is 42.7 Å². The van der Waals surface area contributed by atoms with Crippen molar-refractivity contribution in [3.8, 4) is 5.69 Å². The van der Waals surface area contributed by atoms with Crippen LogP contribution in [0.2, 0.25) is 0 Å². The largest absolute Gasteiger partial charge is 0.451 e. The van der Waals surface area contributed by atoms with Crippen LogP contribution in [0.5, 0.6) is 0 Å². The molecule has 202 valence electrons. The Bertz CT molecular complexity index is 1280. The first-order chi connectivity index (χ1) is 18.2. The van der Waals surface area contributed by atoms with Crippen LogP contribution in [-0.4, -0.2) is 54.3 Å². The first kappa shape index (κ1) is 25.9. The molecule has 0 bridgehead atoms. The number of halogens is 3. The van der Waals surface area contributed by atoms with Gasteiger partial charge in [0, 0.05) is 38.7 Å². The quantitative estimate of drug-likeness (QED) is 0.482. The number of carbonyl (C=O) groups excluding carboxylic acids is 2. The Hall–Kier alpha value is -3.70. The molecule has 3 aromatic rings. The number of hydrogen-bond acceptors (Lipinski definition) is 5. The number of fused-ring (bicyclic) bond motifs is 1. The van der Waals surface area contributed by atoms with Gasteiger partial charge in [0.2, 0.25) is 17.6 Å². The molecule has 2 amide bonds. The maximum absolute atomic E-state index is 13.2. The first-order valence-electron chi connectivity index (χ1n) is 12.9. The van der Waals surface area contributed by atoms with E-state index < -0.39 is 17.4 Å². The van der Waals surface area contributed by atoms with Gasteiger partial charge in [-0.3, -0.25) is 9.59 Å². The molecule has 0 saturated heterocycles. The molecule has 38 heavy (non-hydrogen) atoms. The monoisotopic (exact) mass is 529 g/mol. The van der Waals surface area contributed by atoms with Gasteiger partial charge in [-0.05, 0) is 42.4 Å². The van der Waals surface area contributed by atoms with Crippen LogP contribution in [0.4, 0.5) is 13.2 Å². The molecular weight excluding hydrogens is 499 g/mol. The van der Waals surface area contributed by atoms with Crippen LogP contribution in [0.1, 0.15) is 55.7 Å². The molecular formula is C26H30F3N7O2. The van der Waals surface area contributed by atoms with E-state index in [9.17, 15) is 22.8 Å². The van der Waals surface area contributed by atoms with Crippen molar-refractivity contribution in [2.45, 2.75) is 64.2 Å². The number of carbonyl (C=O) groups is 2. The number of aromatic nitrogens is 5. The fourth-order valence-electron chi connectivity index (χ4n) is 5.51. The Morgan fingerprint density at radius 3 is 2.53 bits per heavy atom. The zero-order chi connectivity index (χ0) is 26.8. The maximum Gasteiger partial charge on any atom is 0.451 e. The lowest BCUT2D eigenvalue weighted by molar-refractivity contribution is -0.148. The van der Waals surface area contributed by atoms with Crippen LogP contribution >= 0.6 is 0 Å². The fourth-order valence-corrected chi connectivity index (χ4v) is 5.51. The van der Waals surface area contributed by atoms with Gasteiger partial charge in [0.05, 0.1) is 18.4 Å². The molecule has 3 heterocycles. The second-order valence-electron chi connectivity index (χ2n) is 10.2. The van der Waals surface area contributed by atoms with Crippen LogP contribution in [0.3, 0.4) is 0 Å². The number of nitrogens with one attached hydrogen (secondary N) is 1. The summed E-state index contributed by atoms with van der Waals surface area (Å²) >= 11 is 0. The van der Waals surface area contributed by atoms with Crippen molar-refractivity contribution in [2.75, 3.05) is 13.1 Å². The van der Waals surface area contributed by atoms with Crippen LogP contribution < -0.4 is 5.32 Å². The summed E-state index contributed by atoms with van der Waals surface area (Å²) in [4.78, 5) is 27.6. The van der Waals surface area contributed by atoms with Gasteiger partial charge >= 0.3 is 6.18 Å². The molecule has 0 atom stereocenters. The highest BCUT2D eigenvalue weighted by Crippen LogP contribution is 2.44. The van der Waals surface area contributed by atoms with Gasteiger partial charge in [0.15, 0.2) is 5.82 Å². The lowest BCUT2D eigenvalue weighted by Crippen LogP contribution is -2.42. The Morgan fingerprint density at radius 1 is 1.03 bits per heavy atom. The van der Waals surface area contributed by atoms with Gasteiger partial charge in [0.25, 0.3) is 0 Å². The van der Waals surface area contributed by atoms with Crippen molar-refractivity contribution in [3.05, 3.63) is 59.9 Å². The summed E-state index contributed by atoms with van der Waals surface area (Å²) in [6.45, 7) is 0.608. The minimum atomic E-state index is -4.58. The Kier molecular flexibility index (Phi) is 7.22. The fraction of sp³-hybridized carbons (Fsp3) is 0.500. The molecule has 2 aromatic heterocycles. The normalized spacial score (nSPS) is 16.9. The number of benzene rings is 1. The number of rotatable bonds is 8. The standard InChI is InChI=1S/C26H30F3N7O2/c27-26(28,29)24-33-32-21-18-34(12-13-35(21)24)23(38)15-25(9-4-5-10-25)14-22(37)30-11-8-19-16-31-36(17-19)20-6-2-1-3-7-20/h1-3,6-7,16-17H,4-5,8-15,18H2,(H,30,37). The SMILES string of the molecule is O=C(CC1(CC(=O)N2CCn3c(nnc3C(F)(F)F)C2)CCCC1)NCCc1cnn(-c2ccccc2)c1. The van der Waals surface area contributed by atoms with E-state index in [0.29, 0.717) is 13.0 Å². The van der Waals surface area contributed by atoms with Crippen molar-refractivity contribution in [2.24, 2.45) is 5.41 Å². The predicted molar refractivity (Wildman–Crippen MR) is 131 cm³/mol. The van der Waals surface area contributed by atoms with Gasteiger partial charge in [0.1, 0.15) is 0 Å². The molecule has 1 aliphatic carbocycles. The number of alkyl halides is 3. The number of nitrogens with zero attached hydrogens (tertiary/aromatic N) is 6. The molecule has 12 heteroatoms. The summed E-state index contributed by atoms with van der Waals surface area (Å²) in [6.07, 6.45) is 3.68. The summed E-state index contributed by atoms with van der Waals surface area (Å²) in [6, 6.07) is 9.77. The summed E-state index contributed by atoms with van der Waals surface area (Å²) in [7, 11) is 0. The summed E-state index contributed by atoms with van der Waals surface area (Å²) in [5, 5.41) is 14.3. The molecule has 1 fully saturated rings. The van der Waals surface area contributed by atoms with Gasteiger partial charge in [-0.1, -0.05) is 31.0 Å². The first-order valence-corrected chi connectivity index (χ1v) is 12.9. The van der Waals surface area contributed by atoms with E-state index in [1.165, 1.54) is 4.90 Å². The van der Waals surface area contributed by atoms with Gasteiger partial charge in [-0.2, -0.15) is 18.3 Å². The summed E-state index contributed by atoms with van der Waals surface area (Å²) < 4.78 is 42.2. The molecule has 0 radical (unpaired) electrons. The van der Waals surface area contributed by atoms with Crippen molar-refractivity contribution in [1.82, 2.24) is 34.8 Å². The second kappa shape index (κ2) is 10.6. The van der Waals surface area contributed by atoms with E-state index in [1.54, 1.807) is 10.9 Å². The molecule has 0 unspecified atom stereocenters. The predicted octanol–water partition coefficient (Wildman–Crippen LogP) is 3.52. The van der Waals surface area contributed by atoms with Crippen molar-refractivity contribution in [1.29, 1.82) is 0 Å². The van der Waals surface area contributed by atoms with E-state index >= 15 is 0 Å². The average molecular weight is 530 g/mol. The third-order valence-corrected chi connectivity index (χ3v) is 7.48. The van der Waals surface area contributed by atoms with E-state index in [0.717, 1.165) is 41.5 Å². The highest BCUT2D eigenvalue weighted by Gasteiger charge is 2.42. The van der Waals surface area contributed by atoms with E-state index in [1.807, 2.05) is 36.5 Å². The zero-order valence-corrected chi connectivity index (χ0v) is 21.0. The highest BCUT2D eigenvalue weighted by atomic mass is 19.4. The van der Waals surface area contributed by atoms with Crippen LogP contribution in [0, 0.1) is 5.41 Å². The van der Waals surface area contributed by atoms with Crippen LogP contribution in [-0.2, 0) is 35.3 Å². The smallest absolute Gasteiger partial charge is 0.356 e. The second-order valence-corrected chi connectivity index (χ2v) is 10.2. The van der Waals surface area contributed by atoms with Gasteiger partial charge in [-0.15, -0.1) is 10.2 Å². The van der Waals surface area contributed by atoms with Gasteiger partial charge < -0.3 is 14.8 Å². The zero-order valence-electron chi connectivity index (χ0n) is 21.0. The molecule has 1 aliphatic heterocycles. The van der Waals surface area contributed by atoms with Gasteiger partial charge in [-0.25, -0.2) is 4.68 Å². The molecule has 0 spiro atoms. The average Bonchev–Trinajstić information content (AvgIpc) is 3.64. The van der Waals surface area contributed by atoms with Crippen molar-refractivity contribution >= 4 is 11.8 Å². The topological polar surface area (TPSA) is 97.9 Å². The highest BCUT2D eigenvalue weighted by molar-refractivity contribution is 5.80. The van der Waals surface area contributed by atoms with E-state index in [4.69, 9.17) is 0 Å². The third kappa shape index (κ3) is 5.73. The summed E-state index contributed by atoms with van der Waals surface area (Å²) in [5.74, 6) is -1.15. The Labute approximate surface area is 218 Å². The maximum atomic E-state index is 13.2. The number of hydrogen-bond donors (Lipinski definition) is 1.